The lowest BCUT2D eigenvalue weighted by atomic mass is 9.74. The number of benzene rings is 1. The van der Waals surface area contributed by atoms with E-state index in [1.807, 2.05) is 0 Å². The summed E-state index contributed by atoms with van der Waals surface area (Å²) >= 11 is 0. The zero-order valence-corrected chi connectivity index (χ0v) is 11.8. The van der Waals surface area contributed by atoms with Gasteiger partial charge in [0.05, 0.1) is 0 Å². The van der Waals surface area contributed by atoms with Crippen molar-refractivity contribution in [3.05, 3.63) is 24.3 Å². The van der Waals surface area contributed by atoms with Crippen molar-refractivity contribution >= 4 is 11.6 Å². The minimum atomic E-state index is -0.0882. The van der Waals surface area contributed by atoms with E-state index in [2.05, 4.69) is 39.9 Å². The summed E-state index contributed by atoms with van der Waals surface area (Å²) in [5.74, 6) is 0.356. The van der Waals surface area contributed by atoms with Crippen LogP contribution in [0.1, 0.15) is 34.6 Å². The summed E-state index contributed by atoms with van der Waals surface area (Å²) in [5.41, 5.74) is 0.546. The summed E-state index contributed by atoms with van der Waals surface area (Å²) in [6, 6.07) is 6.63. The van der Waals surface area contributed by atoms with Gasteiger partial charge in [-0.2, -0.15) is 0 Å². The fourth-order valence-electron chi connectivity index (χ4n) is 2.50. The van der Waals surface area contributed by atoms with E-state index in [9.17, 15) is 9.90 Å². The molecule has 100 valence electrons. The number of amides is 1. The molecule has 0 saturated carbocycles. The van der Waals surface area contributed by atoms with Crippen molar-refractivity contribution in [1.82, 2.24) is 0 Å². The number of hydrogen-bond donors (Lipinski definition) is 2. The van der Waals surface area contributed by atoms with Gasteiger partial charge in [0.15, 0.2) is 0 Å². The second-order valence-corrected chi connectivity index (χ2v) is 6.13. The van der Waals surface area contributed by atoms with Gasteiger partial charge in [0.25, 0.3) is 0 Å². The van der Waals surface area contributed by atoms with Gasteiger partial charge in [0, 0.05) is 17.7 Å². The number of carbonyl (C=O) groups excluding carboxylic acids is 1. The van der Waals surface area contributed by atoms with Crippen LogP contribution in [0.5, 0.6) is 5.75 Å². The molecule has 1 rings (SSSR count). The molecule has 3 nitrogen and oxygen atoms in total. The molecule has 1 aromatic carbocycles. The van der Waals surface area contributed by atoms with Crippen LogP contribution in [0, 0.1) is 17.3 Å². The molecule has 0 fully saturated rings. The van der Waals surface area contributed by atoms with Crippen LogP contribution in [-0.2, 0) is 4.79 Å². The molecule has 1 amide bonds. The monoisotopic (exact) mass is 249 g/mol. The molecule has 18 heavy (non-hydrogen) atoms. The zero-order chi connectivity index (χ0) is 13.9. The van der Waals surface area contributed by atoms with Gasteiger partial charge in [-0.25, -0.2) is 0 Å². The Hall–Kier alpha value is -1.51. The van der Waals surface area contributed by atoms with E-state index in [-0.39, 0.29) is 28.9 Å². The Labute approximate surface area is 109 Å². The lowest BCUT2D eigenvalue weighted by Gasteiger charge is -2.32. The lowest BCUT2D eigenvalue weighted by Crippen LogP contribution is -2.36. The first kappa shape index (κ1) is 14.6. The van der Waals surface area contributed by atoms with E-state index in [0.29, 0.717) is 5.69 Å². The standard InChI is InChI=1S/C15H23NO2/c1-10(2)13(15(3,4)5)14(18)16-11-7-6-8-12(17)9-11/h6-10,13,17H,1-5H3,(H,16,18). The molecule has 0 aliphatic rings. The Morgan fingerprint density at radius 1 is 1.28 bits per heavy atom. The van der Waals surface area contributed by atoms with Crippen molar-refractivity contribution in [2.24, 2.45) is 17.3 Å². The average molecular weight is 249 g/mol. The van der Waals surface area contributed by atoms with Crippen molar-refractivity contribution in [3.63, 3.8) is 0 Å². The predicted octanol–water partition coefficient (Wildman–Crippen LogP) is 3.65. The van der Waals surface area contributed by atoms with Gasteiger partial charge in [-0.3, -0.25) is 4.79 Å². The number of anilines is 1. The van der Waals surface area contributed by atoms with Gasteiger partial charge in [-0.1, -0.05) is 40.7 Å². The number of phenols is 1. The maximum absolute atomic E-state index is 12.3. The van der Waals surface area contributed by atoms with Crippen LogP contribution < -0.4 is 5.32 Å². The number of phenolic OH excluding ortho intramolecular Hbond substituents is 1. The molecule has 0 aliphatic carbocycles. The largest absolute Gasteiger partial charge is 0.508 e. The van der Waals surface area contributed by atoms with Crippen LogP contribution in [0.4, 0.5) is 5.69 Å². The topological polar surface area (TPSA) is 49.3 Å². The maximum Gasteiger partial charge on any atom is 0.228 e. The highest BCUT2D eigenvalue weighted by molar-refractivity contribution is 5.93. The second-order valence-electron chi connectivity index (χ2n) is 6.13. The van der Waals surface area contributed by atoms with Crippen molar-refractivity contribution in [2.75, 3.05) is 5.32 Å². The summed E-state index contributed by atoms with van der Waals surface area (Å²) in [7, 11) is 0. The van der Waals surface area contributed by atoms with Crippen LogP contribution >= 0.6 is 0 Å². The third kappa shape index (κ3) is 3.76. The van der Waals surface area contributed by atoms with Gasteiger partial charge in [0.1, 0.15) is 5.75 Å². The average Bonchev–Trinajstić information content (AvgIpc) is 2.13. The van der Waals surface area contributed by atoms with E-state index in [1.54, 1.807) is 24.3 Å². The second kappa shape index (κ2) is 5.42. The Morgan fingerprint density at radius 3 is 2.33 bits per heavy atom. The summed E-state index contributed by atoms with van der Waals surface area (Å²) in [6.45, 7) is 10.3. The van der Waals surface area contributed by atoms with Crippen LogP contribution in [0.15, 0.2) is 24.3 Å². The summed E-state index contributed by atoms with van der Waals surface area (Å²) < 4.78 is 0. The van der Waals surface area contributed by atoms with Crippen LogP contribution in [0.25, 0.3) is 0 Å². The number of hydrogen-bond acceptors (Lipinski definition) is 2. The molecule has 0 aromatic heterocycles. The molecule has 1 atom stereocenters. The maximum atomic E-state index is 12.3. The highest BCUT2D eigenvalue weighted by Gasteiger charge is 2.33. The minimum Gasteiger partial charge on any atom is -0.508 e. The fraction of sp³-hybridized carbons (Fsp3) is 0.533. The SMILES string of the molecule is CC(C)C(C(=O)Nc1cccc(O)c1)C(C)(C)C. The van der Waals surface area contributed by atoms with Gasteiger partial charge in [0.2, 0.25) is 5.91 Å². The smallest absolute Gasteiger partial charge is 0.228 e. The third-order valence-corrected chi connectivity index (χ3v) is 3.00. The highest BCUT2D eigenvalue weighted by Crippen LogP contribution is 2.33. The van der Waals surface area contributed by atoms with E-state index < -0.39 is 0 Å². The molecular formula is C15H23NO2. The molecule has 1 unspecified atom stereocenters. The molecule has 2 N–H and O–H groups in total. The fourth-order valence-corrected chi connectivity index (χ4v) is 2.50. The zero-order valence-electron chi connectivity index (χ0n) is 11.8. The Kier molecular flexibility index (Phi) is 4.38. The molecular weight excluding hydrogens is 226 g/mol. The lowest BCUT2D eigenvalue weighted by molar-refractivity contribution is -0.124. The van der Waals surface area contributed by atoms with Crippen molar-refractivity contribution in [3.8, 4) is 5.75 Å². The molecule has 1 aromatic rings. The molecule has 0 aliphatic heterocycles. The minimum absolute atomic E-state index is 0.00287. The van der Waals surface area contributed by atoms with Crippen molar-refractivity contribution in [1.29, 1.82) is 0 Å². The van der Waals surface area contributed by atoms with Gasteiger partial charge < -0.3 is 10.4 Å². The normalized spacial score (nSPS) is 13.4. The molecule has 0 heterocycles. The summed E-state index contributed by atoms with van der Waals surface area (Å²) in [5, 5.41) is 12.3. The molecule has 0 radical (unpaired) electrons. The number of nitrogens with one attached hydrogen (secondary N) is 1. The third-order valence-electron chi connectivity index (χ3n) is 3.00. The van der Waals surface area contributed by atoms with E-state index in [0.717, 1.165) is 0 Å². The van der Waals surface area contributed by atoms with Crippen LogP contribution in [0.3, 0.4) is 0 Å². The molecule has 0 spiro atoms. The molecule has 3 heteroatoms. The Balaban J connectivity index is 2.86. The number of carbonyl (C=O) groups is 1. The van der Waals surface area contributed by atoms with Crippen LogP contribution in [0.2, 0.25) is 0 Å². The molecule has 0 saturated heterocycles. The van der Waals surface area contributed by atoms with Crippen LogP contribution in [-0.4, -0.2) is 11.0 Å². The Bertz CT molecular complexity index is 419. The Morgan fingerprint density at radius 2 is 1.89 bits per heavy atom. The van der Waals surface area contributed by atoms with E-state index in [4.69, 9.17) is 0 Å². The first-order chi connectivity index (χ1) is 8.21. The first-order valence-corrected chi connectivity index (χ1v) is 6.31. The van der Waals surface area contributed by atoms with Gasteiger partial charge >= 0.3 is 0 Å². The predicted molar refractivity (Wildman–Crippen MR) is 74.5 cm³/mol. The van der Waals surface area contributed by atoms with Crippen molar-refractivity contribution in [2.45, 2.75) is 34.6 Å². The number of aromatic hydroxyl groups is 1. The first-order valence-electron chi connectivity index (χ1n) is 6.31. The van der Waals surface area contributed by atoms with Gasteiger partial charge in [-0.15, -0.1) is 0 Å². The van der Waals surface area contributed by atoms with E-state index >= 15 is 0 Å². The van der Waals surface area contributed by atoms with E-state index in [1.165, 1.54) is 0 Å². The summed E-state index contributed by atoms with van der Waals surface area (Å²) in [4.78, 5) is 12.3. The molecule has 0 bridgehead atoms. The quantitative estimate of drug-likeness (QED) is 0.859. The van der Waals surface area contributed by atoms with Crippen molar-refractivity contribution < 1.29 is 9.90 Å². The highest BCUT2D eigenvalue weighted by atomic mass is 16.3. The van der Waals surface area contributed by atoms with Gasteiger partial charge in [-0.05, 0) is 23.5 Å². The number of rotatable bonds is 3. The summed E-state index contributed by atoms with van der Waals surface area (Å²) in [6.07, 6.45) is 0.